The van der Waals surface area contributed by atoms with Crippen LogP contribution >= 0.6 is 0 Å². The number of ether oxygens (including phenoxy) is 1. The summed E-state index contributed by atoms with van der Waals surface area (Å²) in [6.07, 6.45) is 0.660. The van der Waals surface area contributed by atoms with Crippen LogP contribution in [0.2, 0.25) is 0 Å². The fourth-order valence-electron chi connectivity index (χ4n) is 3.49. The third-order valence-electron chi connectivity index (χ3n) is 5.47. The van der Waals surface area contributed by atoms with Crippen molar-refractivity contribution in [1.82, 2.24) is 19.1 Å². The van der Waals surface area contributed by atoms with Crippen LogP contribution in [0, 0.1) is 13.8 Å². The van der Waals surface area contributed by atoms with Crippen molar-refractivity contribution in [2.24, 2.45) is 7.05 Å². The molecule has 0 spiro atoms. The van der Waals surface area contributed by atoms with E-state index in [2.05, 4.69) is 10.1 Å². The predicted molar refractivity (Wildman–Crippen MR) is 121 cm³/mol. The maximum atomic E-state index is 13.8. The number of hydrogen-bond donors (Lipinski definition) is 0. The molecule has 7 nitrogen and oxygen atoms in total. The molecular weight excluding hydrogens is 412 g/mol. The van der Waals surface area contributed by atoms with E-state index < -0.39 is 21.4 Å². The van der Waals surface area contributed by atoms with Gasteiger partial charge in [-0.1, -0.05) is 59.7 Å². The number of benzene rings is 2. The Balaban J connectivity index is 1.95. The second-order valence-corrected chi connectivity index (χ2v) is 10.2. The van der Waals surface area contributed by atoms with Crippen LogP contribution in [0.15, 0.2) is 54.9 Å². The van der Waals surface area contributed by atoms with Crippen molar-refractivity contribution < 1.29 is 13.2 Å². The van der Waals surface area contributed by atoms with Gasteiger partial charge >= 0.3 is 0 Å². The van der Waals surface area contributed by atoms with Gasteiger partial charge in [0, 0.05) is 27.2 Å². The van der Waals surface area contributed by atoms with Gasteiger partial charge in [-0.3, -0.25) is 4.68 Å². The Morgan fingerprint density at radius 2 is 1.45 bits per heavy atom. The van der Waals surface area contributed by atoms with Crippen molar-refractivity contribution in [3.8, 4) is 0 Å². The number of nitrogens with zero attached hydrogens (tertiary/aromatic N) is 4. The normalized spacial score (nSPS) is 14.0. The lowest BCUT2D eigenvalue weighted by atomic mass is 10.1. The van der Waals surface area contributed by atoms with E-state index in [0.29, 0.717) is 5.82 Å². The van der Waals surface area contributed by atoms with E-state index in [1.165, 1.54) is 17.7 Å². The van der Waals surface area contributed by atoms with Gasteiger partial charge < -0.3 is 4.74 Å². The molecule has 0 unspecified atom stereocenters. The highest BCUT2D eigenvalue weighted by molar-refractivity contribution is 7.89. The molecule has 0 fully saturated rings. The van der Waals surface area contributed by atoms with E-state index in [9.17, 15) is 8.42 Å². The summed E-state index contributed by atoms with van der Waals surface area (Å²) in [6.45, 7) is 6.23. The molecule has 1 aromatic heterocycles. The Kier molecular flexibility index (Phi) is 7.25. The predicted octanol–water partition coefficient (Wildman–Crippen LogP) is 3.54. The Hall–Kier alpha value is -2.55. The molecule has 0 aliphatic rings. The SMILES string of the molecule is CO[C@H](c1ncnn1C)[C@H](C)S(=O)(=O)N(Cc1ccc(C)cc1)Cc1ccc(C)cc1. The number of sulfonamides is 1. The second kappa shape index (κ2) is 9.72. The summed E-state index contributed by atoms with van der Waals surface area (Å²) in [5.41, 5.74) is 4.13. The Morgan fingerprint density at radius 3 is 1.84 bits per heavy atom. The summed E-state index contributed by atoms with van der Waals surface area (Å²) in [7, 11) is -0.523. The topological polar surface area (TPSA) is 77.3 Å². The van der Waals surface area contributed by atoms with Crippen LogP contribution in [-0.2, 0) is 34.9 Å². The summed E-state index contributed by atoms with van der Waals surface area (Å²) in [5, 5.41) is 3.21. The average molecular weight is 443 g/mol. The largest absolute Gasteiger partial charge is 0.372 e. The van der Waals surface area contributed by atoms with E-state index in [0.717, 1.165) is 22.3 Å². The molecule has 2 atom stereocenters. The maximum absolute atomic E-state index is 13.8. The molecule has 0 N–H and O–H groups in total. The van der Waals surface area contributed by atoms with E-state index in [1.807, 2.05) is 62.4 Å². The van der Waals surface area contributed by atoms with Gasteiger partial charge in [0.15, 0.2) is 5.82 Å². The highest BCUT2D eigenvalue weighted by Crippen LogP contribution is 2.28. The summed E-state index contributed by atoms with van der Waals surface area (Å²) >= 11 is 0. The van der Waals surface area contributed by atoms with Crippen molar-refractivity contribution >= 4 is 10.0 Å². The molecule has 0 aliphatic heterocycles. The first-order valence-electron chi connectivity index (χ1n) is 10.2. The molecule has 166 valence electrons. The molecule has 3 aromatic rings. The molecule has 0 radical (unpaired) electrons. The first kappa shape index (κ1) is 23.1. The van der Waals surface area contributed by atoms with Gasteiger partial charge in [0.2, 0.25) is 10.0 Å². The van der Waals surface area contributed by atoms with Gasteiger partial charge in [0.05, 0.1) is 0 Å². The van der Waals surface area contributed by atoms with Gasteiger partial charge in [-0.2, -0.15) is 9.40 Å². The average Bonchev–Trinajstić information content (AvgIpc) is 3.16. The molecule has 0 saturated heterocycles. The van der Waals surface area contributed by atoms with E-state index in [4.69, 9.17) is 4.74 Å². The highest BCUT2D eigenvalue weighted by Gasteiger charge is 2.37. The van der Waals surface area contributed by atoms with Gasteiger partial charge in [-0.15, -0.1) is 0 Å². The minimum absolute atomic E-state index is 0.274. The number of hydrogen-bond acceptors (Lipinski definition) is 5. The first-order chi connectivity index (χ1) is 14.7. The number of rotatable bonds is 9. The molecule has 0 saturated carbocycles. The highest BCUT2D eigenvalue weighted by atomic mass is 32.2. The molecule has 0 amide bonds. The van der Waals surface area contributed by atoms with Crippen molar-refractivity contribution in [1.29, 1.82) is 0 Å². The van der Waals surface area contributed by atoms with Crippen molar-refractivity contribution in [3.05, 3.63) is 82.9 Å². The van der Waals surface area contributed by atoms with Gasteiger partial charge in [-0.25, -0.2) is 13.4 Å². The fraction of sp³-hybridized carbons (Fsp3) is 0.391. The summed E-state index contributed by atoms with van der Waals surface area (Å²) in [4.78, 5) is 4.21. The molecule has 0 aliphatic carbocycles. The summed E-state index contributed by atoms with van der Waals surface area (Å²) in [5.74, 6) is 0.476. The van der Waals surface area contributed by atoms with Gasteiger partial charge in [0.1, 0.15) is 17.7 Å². The maximum Gasteiger partial charge on any atom is 0.220 e. The summed E-state index contributed by atoms with van der Waals surface area (Å²) < 4.78 is 36.2. The Bertz CT molecular complexity index is 1050. The lowest BCUT2D eigenvalue weighted by Gasteiger charge is -2.29. The standard InChI is InChI=1S/C23H30N4O3S/c1-17-6-10-20(11-7-17)14-27(15-21-12-8-18(2)9-13-21)31(28,29)19(3)22(30-5)23-24-16-25-26(23)4/h6-13,16,19,22H,14-15H2,1-5H3/t19-,22-/m0/s1. The molecule has 3 rings (SSSR count). The zero-order chi connectivity index (χ0) is 22.6. The zero-order valence-corrected chi connectivity index (χ0v) is 19.5. The van der Waals surface area contributed by atoms with E-state index >= 15 is 0 Å². The molecule has 2 aromatic carbocycles. The second-order valence-electron chi connectivity index (χ2n) is 7.89. The van der Waals surface area contributed by atoms with Gasteiger partial charge in [-0.05, 0) is 31.9 Å². The van der Waals surface area contributed by atoms with Crippen LogP contribution in [0.3, 0.4) is 0 Å². The number of aryl methyl sites for hydroxylation is 3. The van der Waals surface area contributed by atoms with Crippen LogP contribution in [0.4, 0.5) is 0 Å². The lowest BCUT2D eigenvalue weighted by molar-refractivity contribution is 0.0899. The van der Waals surface area contributed by atoms with Crippen LogP contribution in [-0.4, -0.2) is 39.8 Å². The third kappa shape index (κ3) is 5.39. The minimum Gasteiger partial charge on any atom is -0.372 e. The van der Waals surface area contributed by atoms with Crippen LogP contribution in [0.5, 0.6) is 0 Å². The van der Waals surface area contributed by atoms with E-state index in [1.54, 1.807) is 18.7 Å². The number of methoxy groups -OCH3 is 1. The van der Waals surface area contributed by atoms with E-state index in [-0.39, 0.29) is 13.1 Å². The summed E-state index contributed by atoms with van der Waals surface area (Å²) in [6, 6.07) is 15.8. The Labute approximate surface area is 184 Å². The van der Waals surface area contributed by atoms with Crippen LogP contribution < -0.4 is 0 Å². The van der Waals surface area contributed by atoms with Crippen molar-refractivity contribution in [2.75, 3.05) is 7.11 Å². The van der Waals surface area contributed by atoms with Gasteiger partial charge in [0.25, 0.3) is 0 Å². The Morgan fingerprint density at radius 1 is 0.968 bits per heavy atom. The minimum atomic E-state index is -3.74. The van der Waals surface area contributed by atoms with Crippen LogP contribution in [0.25, 0.3) is 0 Å². The molecular formula is C23H30N4O3S. The molecule has 8 heteroatoms. The fourth-order valence-corrected chi connectivity index (χ4v) is 5.16. The zero-order valence-electron chi connectivity index (χ0n) is 18.7. The first-order valence-corrected chi connectivity index (χ1v) is 11.7. The quantitative estimate of drug-likeness (QED) is 0.507. The lowest BCUT2D eigenvalue weighted by Crippen LogP contribution is -2.40. The molecule has 31 heavy (non-hydrogen) atoms. The molecule has 0 bridgehead atoms. The van der Waals surface area contributed by atoms with Crippen molar-refractivity contribution in [3.63, 3.8) is 0 Å². The smallest absolute Gasteiger partial charge is 0.220 e. The third-order valence-corrected chi connectivity index (χ3v) is 7.63. The van der Waals surface area contributed by atoms with Crippen LogP contribution in [0.1, 0.15) is 41.1 Å². The molecule has 1 heterocycles. The van der Waals surface area contributed by atoms with Crippen molar-refractivity contribution in [2.45, 2.75) is 45.2 Å². The monoisotopic (exact) mass is 442 g/mol. The number of aromatic nitrogens is 3.